The van der Waals surface area contributed by atoms with Gasteiger partial charge in [-0.2, -0.15) is 0 Å². The van der Waals surface area contributed by atoms with Gasteiger partial charge in [-0.1, -0.05) is 19.9 Å². The summed E-state index contributed by atoms with van der Waals surface area (Å²) in [4.78, 5) is 13.0. The van der Waals surface area contributed by atoms with Gasteiger partial charge in [-0.25, -0.2) is 9.18 Å². The zero-order valence-corrected chi connectivity index (χ0v) is 12.6. The average molecular weight is 291 g/mol. The molecule has 21 heavy (non-hydrogen) atoms. The fourth-order valence-electron chi connectivity index (χ4n) is 3.19. The Kier molecular flexibility index (Phi) is 5.12. The average Bonchev–Trinajstić information content (AvgIpc) is 2.37. The minimum Gasteiger partial charge on any atom is -0.478 e. The molecule has 0 aromatic heterocycles. The zero-order chi connectivity index (χ0) is 15.4. The van der Waals surface area contributed by atoms with Gasteiger partial charge in [0.2, 0.25) is 0 Å². The molecule has 2 atom stereocenters. The van der Waals surface area contributed by atoms with Crippen molar-refractivity contribution in [3.8, 4) is 0 Å². The molecule has 1 aromatic carbocycles. The molecule has 2 unspecified atom stereocenters. The normalized spacial score (nSPS) is 23.6. The minimum atomic E-state index is -1.02. The van der Waals surface area contributed by atoms with E-state index >= 15 is 0 Å². The van der Waals surface area contributed by atoms with Gasteiger partial charge >= 0.3 is 5.97 Å². The Bertz CT molecular complexity index is 532. The van der Waals surface area contributed by atoms with Gasteiger partial charge in [0.1, 0.15) is 5.82 Å². The Hall–Kier alpha value is -1.68. The van der Waals surface area contributed by atoms with E-state index in [1.165, 1.54) is 24.6 Å². The summed E-state index contributed by atoms with van der Waals surface area (Å²) in [5.74, 6) is -0.0472. The molecule has 1 saturated heterocycles. The molecule has 0 aliphatic carbocycles. The zero-order valence-electron chi connectivity index (χ0n) is 12.6. The predicted molar refractivity (Wildman–Crippen MR) is 81.3 cm³/mol. The number of hydrogen-bond acceptors (Lipinski definition) is 2. The summed E-state index contributed by atoms with van der Waals surface area (Å²) in [6.07, 6.45) is 3.77. The van der Waals surface area contributed by atoms with Gasteiger partial charge in [-0.3, -0.25) is 4.90 Å². The molecular formula is C17H22FNO2. The van der Waals surface area contributed by atoms with Crippen molar-refractivity contribution in [2.75, 3.05) is 13.1 Å². The standard InChI is InChI=1S/C17H22FNO2/c1-12-7-13(2)10-19(9-12)11-15-3-5-16(18)8-14(15)4-6-17(20)21/h3-6,8,12-13H,7,9-11H2,1-2H3,(H,20,21). The van der Waals surface area contributed by atoms with Crippen molar-refractivity contribution in [3.05, 3.63) is 41.2 Å². The van der Waals surface area contributed by atoms with Gasteiger partial charge < -0.3 is 5.11 Å². The van der Waals surface area contributed by atoms with Crippen LogP contribution < -0.4 is 0 Å². The Morgan fingerprint density at radius 1 is 1.38 bits per heavy atom. The molecule has 1 aromatic rings. The monoisotopic (exact) mass is 291 g/mol. The molecule has 1 aliphatic heterocycles. The Balaban J connectivity index is 2.17. The van der Waals surface area contributed by atoms with E-state index in [1.807, 2.05) is 0 Å². The highest BCUT2D eigenvalue weighted by atomic mass is 19.1. The van der Waals surface area contributed by atoms with E-state index in [4.69, 9.17) is 5.11 Å². The summed E-state index contributed by atoms with van der Waals surface area (Å²) in [5.41, 5.74) is 1.61. The van der Waals surface area contributed by atoms with E-state index < -0.39 is 5.97 Å². The van der Waals surface area contributed by atoms with Crippen LogP contribution in [0.5, 0.6) is 0 Å². The van der Waals surface area contributed by atoms with Crippen LogP contribution in [0, 0.1) is 17.7 Å². The van der Waals surface area contributed by atoms with Crippen LogP contribution in [0.3, 0.4) is 0 Å². The molecule has 114 valence electrons. The van der Waals surface area contributed by atoms with Gasteiger partial charge in [0.25, 0.3) is 0 Å². The molecule has 1 fully saturated rings. The van der Waals surface area contributed by atoms with Crippen LogP contribution in [0.25, 0.3) is 6.08 Å². The number of rotatable bonds is 4. The highest BCUT2D eigenvalue weighted by molar-refractivity contribution is 5.85. The number of hydrogen-bond donors (Lipinski definition) is 1. The molecule has 0 saturated carbocycles. The molecule has 3 nitrogen and oxygen atoms in total. The second-order valence-corrected chi connectivity index (χ2v) is 6.15. The van der Waals surface area contributed by atoms with Gasteiger partial charge in [-0.05, 0) is 47.6 Å². The number of piperidine rings is 1. The summed E-state index contributed by atoms with van der Waals surface area (Å²) in [5, 5.41) is 8.73. The van der Waals surface area contributed by atoms with E-state index in [-0.39, 0.29) is 5.82 Å². The van der Waals surface area contributed by atoms with Crippen molar-refractivity contribution in [2.24, 2.45) is 11.8 Å². The summed E-state index contributed by atoms with van der Waals surface area (Å²) < 4.78 is 13.4. The van der Waals surface area contributed by atoms with Crippen molar-refractivity contribution in [1.82, 2.24) is 4.90 Å². The molecule has 4 heteroatoms. The number of aliphatic carboxylic acids is 1. The van der Waals surface area contributed by atoms with Gasteiger partial charge in [0, 0.05) is 25.7 Å². The third-order valence-corrected chi connectivity index (χ3v) is 3.85. The molecule has 1 aliphatic rings. The fraction of sp³-hybridized carbons (Fsp3) is 0.471. The summed E-state index contributed by atoms with van der Waals surface area (Å²) in [7, 11) is 0. The van der Waals surface area contributed by atoms with E-state index in [1.54, 1.807) is 6.07 Å². The molecule has 0 radical (unpaired) electrons. The molecule has 2 rings (SSSR count). The maximum absolute atomic E-state index is 13.4. The number of carbonyl (C=O) groups is 1. The van der Waals surface area contributed by atoms with Crippen LogP contribution >= 0.6 is 0 Å². The van der Waals surface area contributed by atoms with E-state index in [0.29, 0.717) is 17.4 Å². The molecule has 1 N–H and O–H groups in total. The first-order valence-electron chi connectivity index (χ1n) is 7.36. The smallest absolute Gasteiger partial charge is 0.328 e. The number of benzene rings is 1. The fourth-order valence-corrected chi connectivity index (χ4v) is 3.19. The van der Waals surface area contributed by atoms with Crippen molar-refractivity contribution in [2.45, 2.75) is 26.8 Å². The Labute approximate surface area is 125 Å². The Morgan fingerprint density at radius 2 is 2.05 bits per heavy atom. The number of carboxylic acids is 1. The first kappa shape index (κ1) is 15.7. The van der Waals surface area contributed by atoms with Crippen LogP contribution in [-0.2, 0) is 11.3 Å². The Morgan fingerprint density at radius 3 is 2.67 bits per heavy atom. The van der Waals surface area contributed by atoms with Crippen molar-refractivity contribution in [3.63, 3.8) is 0 Å². The third-order valence-electron chi connectivity index (χ3n) is 3.85. The number of halogens is 1. The van der Waals surface area contributed by atoms with Crippen LogP contribution in [0.1, 0.15) is 31.4 Å². The van der Waals surface area contributed by atoms with E-state index in [9.17, 15) is 9.18 Å². The number of carboxylic acid groups (broad SMARTS) is 1. The highest BCUT2D eigenvalue weighted by Crippen LogP contribution is 2.24. The second kappa shape index (κ2) is 6.85. The summed E-state index contributed by atoms with van der Waals surface area (Å²) >= 11 is 0. The predicted octanol–water partition coefficient (Wildman–Crippen LogP) is 3.40. The van der Waals surface area contributed by atoms with Gasteiger partial charge in [-0.15, -0.1) is 0 Å². The van der Waals surface area contributed by atoms with E-state index in [0.717, 1.165) is 31.3 Å². The van der Waals surface area contributed by atoms with Crippen LogP contribution in [0.15, 0.2) is 24.3 Å². The molecule has 0 bridgehead atoms. The maximum Gasteiger partial charge on any atom is 0.328 e. The molecule has 0 amide bonds. The lowest BCUT2D eigenvalue weighted by Gasteiger charge is -2.35. The lowest BCUT2D eigenvalue weighted by Crippen LogP contribution is -2.38. The topological polar surface area (TPSA) is 40.5 Å². The van der Waals surface area contributed by atoms with Crippen molar-refractivity contribution >= 4 is 12.0 Å². The second-order valence-electron chi connectivity index (χ2n) is 6.15. The molecule has 0 spiro atoms. The van der Waals surface area contributed by atoms with Crippen molar-refractivity contribution < 1.29 is 14.3 Å². The quantitative estimate of drug-likeness (QED) is 0.864. The van der Waals surface area contributed by atoms with Gasteiger partial charge in [0.15, 0.2) is 0 Å². The summed E-state index contributed by atoms with van der Waals surface area (Å²) in [6.45, 7) is 7.29. The lowest BCUT2D eigenvalue weighted by molar-refractivity contribution is -0.131. The molecular weight excluding hydrogens is 269 g/mol. The highest BCUT2D eigenvalue weighted by Gasteiger charge is 2.22. The number of likely N-dealkylation sites (tertiary alicyclic amines) is 1. The summed E-state index contributed by atoms with van der Waals surface area (Å²) in [6, 6.07) is 4.58. The maximum atomic E-state index is 13.4. The largest absolute Gasteiger partial charge is 0.478 e. The molecule has 1 heterocycles. The number of nitrogens with zero attached hydrogens (tertiary/aromatic N) is 1. The third kappa shape index (κ3) is 4.67. The van der Waals surface area contributed by atoms with Crippen molar-refractivity contribution in [1.29, 1.82) is 0 Å². The van der Waals surface area contributed by atoms with Crippen LogP contribution in [-0.4, -0.2) is 29.1 Å². The van der Waals surface area contributed by atoms with Crippen LogP contribution in [0.4, 0.5) is 4.39 Å². The SMILES string of the molecule is CC1CC(C)CN(Cc2ccc(F)cc2C=CC(=O)O)C1. The first-order valence-corrected chi connectivity index (χ1v) is 7.36. The van der Waals surface area contributed by atoms with Crippen LogP contribution in [0.2, 0.25) is 0 Å². The lowest BCUT2D eigenvalue weighted by atomic mass is 9.91. The van der Waals surface area contributed by atoms with E-state index in [2.05, 4.69) is 18.7 Å². The first-order chi connectivity index (χ1) is 9.94. The van der Waals surface area contributed by atoms with Gasteiger partial charge in [0.05, 0.1) is 0 Å². The minimum absolute atomic E-state index is 0.343.